The molecule has 1 atom stereocenters. The number of nitrogens with zero attached hydrogens (tertiary/aromatic N) is 1. The van der Waals surface area contributed by atoms with E-state index in [1.54, 1.807) is 0 Å². The molecule has 1 aliphatic heterocycles. The Kier molecular flexibility index (Phi) is 2.08. The van der Waals surface area contributed by atoms with Crippen LogP contribution >= 0.6 is 0 Å². The van der Waals surface area contributed by atoms with E-state index in [4.69, 9.17) is 9.57 Å². The van der Waals surface area contributed by atoms with E-state index in [0.717, 1.165) is 17.6 Å². The number of para-hydroxylation sites is 2. The standard InChI is InChI=1S/C15H13NO2/c1-3-7-14-12(5-1)13-6-2-4-8-15(13)16(14)18-10-11-9-17-11/h1-8,11H,9-10H2. The molecular formula is C15H13NO2. The van der Waals surface area contributed by atoms with Gasteiger partial charge in [0, 0.05) is 10.8 Å². The normalized spacial score (nSPS) is 18.3. The molecule has 3 heteroatoms. The molecule has 0 bridgehead atoms. The molecule has 0 saturated carbocycles. The Hall–Kier alpha value is -2.00. The zero-order valence-corrected chi connectivity index (χ0v) is 9.87. The summed E-state index contributed by atoms with van der Waals surface area (Å²) in [4.78, 5) is 5.89. The van der Waals surface area contributed by atoms with E-state index in [-0.39, 0.29) is 6.10 Å². The van der Waals surface area contributed by atoms with Crippen molar-refractivity contribution in [3.8, 4) is 0 Å². The fraction of sp³-hybridized carbons (Fsp3) is 0.200. The number of rotatable bonds is 3. The van der Waals surface area contributed by atoms with E-state index in [2.05, 4.69) is 36.4 Å². The highest BCUT2D eigenvalue weighted by Gasteiger charge is 2.24. The zero-order valence-electron chi connectivity index (χ0n) is 9.87. The van der Waals surface area contributed by atoms with Gasteiger partial charge in [-0.05, 0) is 12.1 Å². The van der Waals surface area contributed by atoms with Gasteiger partial charge in [-0.1, -0.05) is 36.4 Å². The van der Waals surface area contributed by atoms with Crippen molar-refractivity contribution in [1.82, 2.24) is 4.73 Å². The number of benzene rings is 2. The maximum absolute atomic E-state index is 5.89. The fourth-order valence-electron chi connectivity index (χ4n) is 2.35. The Morgan fingerprint density at radius 3 is 2.11 bits per heavy atom. The van der Waals surface area contributed by atoms with Crippen molar-refractivity contribution in [3.63, 3.8) is 0 Å². The molecule has 0 radical (unpaired) electrons. The van der Waals surface area contributed by atoms with Crippen molar-refractivity contribution in [1.29, 1.82) is 0 Å². The van der Waals surface area contributed by atoms with Gasteiger partial charge in [0.2, 0.25) is 0 Å². The van der Waals surface area contributed by atoms with Gasteiger partial charge in [0.05, 0.1) is 17.6 Å². The third-order valence-electron chi connectivity index (χ3n) is 3.33. The average molecular weight is 239 g/mol. The van der Waals surface area contributed by atoms with Gasteiger partial charge in [0.15, 0.2) is 0 Å². The second-order valence-corrected chi connectivity index (χ2v) is 4.58. The molecule has 0 amide bonds. The van der Waals surface area contributed by atoms with Crippen LogP contribution in [0.3, 0.4) is 0 Å². The van der Waals surface area contributed by atoms with Crippen LogP contribution in [0.15, 0.2) is 48.5 Å². The molecule has 0 spiro atoms. The lowest BCUT2D eigenvalue weighted by Gasteiger charge is -2.07. The quantitative estimate of drug-likeness (QED) is 0.657. The monoisotopic (exact) mass is 239 g/mol. The smallest absolute Gasteiger partial charge is 0.143 e. The van der Waals surface area contributed by atoms with Gasteiger partial charge in [0.1, 0.15) is 12.7 Å². The van der Waals surface area contributed by atoms with Gasteiger partial charge >= 0.3 is 0 Å². The van der Waals surface area contributed by atoms with Gasteiger partial charge in [0.25, 0.3) is 0 Å². The van der Waals surface area contributed by atoms with Crippen molar-refractivity contribution in [2.45, 2.75) is 6.10 Å². The van der Waals surface area contributed by atoms with Crippen LogP contribution in [0, 0.1) is 0 Å². The topological polar surface area (TPSA) is 26.7 Å². The molecule has 2 heterocycles. The molecule has 1 saturated heterocycles. The first kappa shape index (κ1) is 9.97. The number of fused-ring (bicyclic) bond motifs is 3. The largest absolute Gasteiger partial charge is 0.410 e. The van der Waals surface area contributed by atoms with Gasteiger partial charge in [-0.2, -0.15) is 4.73 Å². The highest BCUT2D eigenvalue weighted by atomic mass is 16.7. The fourth-order valence-corrected chi connectivity index (χ4v) is 2.35. The van der Waals surface area contributed by atoms with Crippen LogP contribution in [0.5, 0.6) is 0 Å². The van der Waals surface area contributed by atoms with Crippen molar-refractivity contribution in [2.24, 2.45) is 0 Å². The summed E-state index contributed by atoms with van der Waals surface area (Å²) in [5.41, 5.74) is 2.22. The van der Waals surface area contributed by atoms with Gasteiger partial charge in [-0.25, -0.2) is 0 Å². The van der Waals surface area contributed by atoms with Crippen molar-refractivity contribution < 1.29 is 9.57 Å². The van der Waals surface area contributed by atoms with E-state index in [1.807, 2.05) is 16.9 Å². The van der Waals surface area contributed by atoms with Crippen LogP contribution in [-0.4, -0.2) is 24.0 Å². The van der Waals surface area contributed by atoms with Crippen molar-refractivity contribution in [2.75, 3.05) is 13.2 Å². The van der Waals surface area contributed by atoms with Crippen LogP contribution in [0.1, 0.15) is 0 Å². The molecule has 1 aromatic heterocycles. The number of epoxide rings is 1. The van der Waals surface area contributed by atoms with Crippen molar-refractivity contribution in [3.05, 3.63) is 48.5 Å². The predicted molar refractivity (Wildman–Crippen MR) is 70.6 cm³/mol. The first-order chi connectivity index (χ1) is 8.93. The summed E-state index contributed by atoms with van der Waals surface area (Å²) in [6.07, 6.45) is 0.268. The van der Waals surface area contributed by atoms with E-state index < -0.39 is 0 Å². The zero-order chi connectivity index (χ0) is 11.9. The summed E-state index contributed by atoms with van der Waals surface area (Å²) >= 11 is 0. The molecule has 0 aliphatic carbocycles. The molecular weight excluding hydrogens is 226 g/mol. The first-order valence-corrected chi connectivity index (χ1v) is 6.16. The predicted octanol–water partition coefficient (Wildman–Crippen LogP) is 2.62. The Morgan fingerprint density at radius 1 is 1.00 bits per heavy atom. The summed E-state index contributed by atoms with van der Waals surface area (Å²) < 4.78 is 7.12. The minimum atomic E-state index is 0.268. The Balaban J connectivity index is 1.94. The molecule has 1 aliphatic rings. The van der Waals surface area contributed by atoms with Gasteiger partial charge < -0.3 is 9.57 Å². The Morgan fingerprint density at radius 2 is 1.56 bits per heavy atom. The van der Waals surface area contributed by atoms with Crippen molar-refractivity contribution >= 4 is 21.8 Å². The van der Waals surface area contributed by atoms with Crippen LogP contribution < -0.4 is 4.84 Å². The molecule has 3 aromatic rings. The summed E-state index contributed by atoms with van der Waals surface area (Å²) in [7, 11) is 0. The summed E-state index contributed by atoms with van der Waals surface area (Å²) in [6, 6.07) is 16.6. The molecule has 90 valence electrons. The third-order valence-corrected chi connectivity index (χ3v) is 3.33. The maximum Gasteiger partial charge on any atom is 0.143 e. The number of hydrogen-bond donors (Lipinski definition) is 0. The molecule has 3 nitrogen and oxygen atoms in total. The van der Waals surface area contributed by atoms with Crippen LogP contribution in [0.2, 0.25) is 0 Å². The second-order valence-electron chi connectivity index (χ2n) is 4.58. The maximum atomic E-state index is 5.89. The molecule has 18 heavy (non-hydrogen) atoms. The molecule has 1 fully saturated rings. The summed E-state index contributed by atoms with van der Waals surface area (Å²) in [5.74, 6) is 0. The average Bonchev–Trinajstić information content (AvgIpc) is 3.20. The van der Waals surface area contributed by atoms with Gasteiger partial charge in [-0.3, -0.25) is 0 Å². The molecule has 4 rings (SSSR count). The third kappa shape index (κ3) is 1.48. The SMILES string of the molecule is c1ccc2c(c1)c1ccccc1n2OCC1CO1. The minimum Gasteiger partial charge on any atom is -0.410 e. The van der Waals surface area contributed by atoms with E-state index >= 15 is 0 Å². The number of aromatic nitrogens is 1. The van der Waals surface area contributed by atoms with E-state index in [9.17, 15) is 0 Å². The lowest BCUT2D eigenvalue weighted by molar-refractivity contribution is 0.113. The number of hydrogen-bond acceptors (Lipinski definition) is 2. The summed E-state index contributed by atoms with van der Waals surface area (Å²) in [6.45, 7) is 1.43. The minimum absolute atomic E-state index is 0.268. The molecule has 2 aromatic carbocycles. The van der Waals surface area contributed by atoms with Crippen LogP contribution in [-0.2, 0) is 4.74 Å². The van der Waals surface area contributed by atoms with Crippen LogP contribution in [0.4, 0.5) is 0 Å². The van der Waals surface area contributed by atoms with Gasteiger partial charge in [-0.15, -0.1) is 0 Å². The molecule has 1 unspecified atom stereocenters. The Labute approximate surface area is 104 Å². The first-order valence-electron chi connectivity index (χ1n) is 6.16. The highest BCUT2D eigenvalue weighted by molar-refractivity contribution is 6.07. The van der Waals surface area contributed by atoms with E-state index in [0.29, 0.717) is 6.61 Å². The highest BCUT2D eigenvalue weighted by Crippen LogP contribution is 2.27. The second kappa shape index (κ2) is 3.75. The molecule has 0 N–H and O–H groups in total. The van der Waals surface area contributed by atoms with Crippen LogP contribution in [0.25, 0.3) is 21.8 Å². The number of ether oxygens (including phenoxy) is 1. The lowest BCUT2D eigenvalue weighted by atomic mass is 10.2. The lowest BCUT2D eigenvalue weighted by Crippen LogP contribution is -2.16. The Bertz CT molecular complexity index is 659. The summed E-state index contributed by atoms with van der Waals surface area (Å²) in [5, 5.41) is 2.45. The van der Waals surface area contributed by atoms with E-state index in [1.165, 1.54) is 10.8 Å².